The lowest BCUT2D eigenvalue weighted by molar-refractivity contribution is -0.300. The van der Waals surface area contributed by atoms with Crippen LogP contribution in [-0.4, -0.2) is 29.4 Å². The lowest BCUT2D eigenvalue weighted by Crippen LogP contribution is -2.63. The Morgan fingerprint density at radius 3 is 2.21 bits per heavy atom. The third-order valence-electron chi connectivity index (χ3n) is 3.48. The molecule has 1 aliphatic rings. The Balaban J connectivity index is 2.80. The summed E-state index contributed by atoms with van der Waals surface area (Å²) < 4.78 is 80.5. The maximum atomic E-state index is 13.4. The van der Waals surface area contributed by atoms with Gasteiger partial charge in [-0.2, -0.15) is 31.6 Å². The summed E-state index contributed by atoms with van der Waals surface area (Å²) >= 11 is 5.71. The molecule has 24 heavy (non-hydrogen) atoms. The van der Waals surface area contributed by atoms with Gasteiger partial charge >= 0.3 is 12.4 Å². The Bertz CT molecular complexity index is 743. The van der Waals surface area contributed by atoms with Crippen molar-refractivity contribution >= 4 is 23.1 Å². The highest BCUT2D eigenvalue weighted by atomic mass is 35.5. The average Bonchev–Trinajstić information content (AvgIpc) is 2.43. The highest BCUT2D eigenvalue weighted by Gasteiger charge is 2.76. The molecule has 0 aliphatic carbocycles. The summed E-state index contributed by atoms with van der Waals surface area (Å²) in [5.74, 6) is -3.39. The molecule has 0 saturated heterocycles. The zero-order valence-electron chi connectivity index (χ0n) is 11.9. The molecule has 1 atom stereocenters. The number of nitriles is 1. The first-order valence-electron chi connectivity index (χ1n) is 6.38. The van der Waals surface area contributed by atoms with Crippen molar-refractivity contribution in [2.45, 2.75) is 24.8 Å². The fourth-order valence-electron chi connectivity index (χ4n) is 2.35. The van der Waals surface area contributed by atoms with Gasteiger partial charge in [-0.3, -0.25) is 0 Å². The van der Waals surface area contributed by atoms with E-state index in [-0.39, 0.29) is 10.6 Å². The van der Waals surface area contributed by atoms with Crippen LogP contribution in [0.4, 0.5) is 26.3 Å². The molecule has 0 N–H and O–H groups in total. The maximum absolute atomic E-state index is 13.4. The van der Waals surface area contributed by atoms with Crippen LogP contribution >= 0.6 is 11.6 Å². The van der Waals surface area contributed by atoms with Crippen molar-refractivity contribution in [1.82, 2.24) is 0 Å². The Hall–Kier alpha value is -2.08. The summed E-state index contributed by atoms with van der Waals surface area (Å²) in [6.07, 6.45) is -11.7. The number of aliphatic imine (C=N–C) groups is 2. The van der Waals surface area contributed by atoms with Crippen LogP contribution in [0.5, 0.6) is 0 Å². The van der Waals surface area contributed by atoms with Gasteiger partial charge in [-0.25, -0.2) is 9.98 Å². The van der Waals surface area contributed by atoms with E-state index in [1.165, 1.54) is 18.2 Å². The zero-order valence-corrected chi connectivity index (χ0v) is 12.6. The van der Waals surface area contributed by atoms with Crippen LogP contribution in [-0.2, 0) is 0 Å². The van der Waals surface area contributed by atoms with Gasteiger partial charge in [0.2, 0.25) is 0 Å². The first-order chi connectivity index (χ1) is 10.9. The van der Waals surface area contributed by atoms with E-state index in [1.807, 2.05) is 0 Å². The molecule has 0 bridgehead atoms. The van der Waals surface area contributed by atoms with Gasteiger partial charge in [0.25, 0.3) is 5.54 Å². The first-order valence-corrected chi connectivity index (χ1v) is 6.76. The second-order valence-electron chi connectivity index (χ2n) is 5.02. The largest absolute Gasteiger partial charge is 0.424 e. The lowest BCUT2D eigenvalue weighted by atomic mass is 9.79. The van der Waals surface area contributed by atoms with Crippen LogP contribution in [0, 0.1) is 17.2 Å². The van der Waals surface area contributed by atoms with E-state index in [1.54, 1.807) is 0 Å². The lowest BCUT2D eigenvalue weighted by Gasteiger charge is -2.39. The summed E-state index contributed by atoms with van der Waals surface area (Å²) in [5.41, 5.74) is -5.33. The predicted molar refractivity (Wildman–Crippen MR) is 75.0 cm³/mol. The van der Waals surface area contributed by atoms with Gasteiger partial charge in [0.1, 0.15) is 5.92 Å². The summed E-state index contributed by atoms with van der Waals surface area (Å²) in [7, 11) is 0. The van der Waals surface area contributed by atoms with Crippen LogP contribution < -0.4 is 0 Å². The molecular formula is C14H8ClF6N3. The van der Waals surface area contributed by atoms with Gasteiger partial charge in [0, 0.05) is 16.3 Å². The zero-order chi connectivity index (χ0) is 18.3. The smallest absolute Gasteiger partial charge is 0.239 e. The molecule has 0 spiro atoms. The van der Waals surface area contributed by atoms with Crippen LogP contribution in [0.15, 0.2) is 34.3 Å². The SMILES string of the molecule is CC1=NC(c2cccc(Cl)c2)=NC(C(F)(F)F)(C(F)(F)F)C1C#N. The van der Waals surface area contributed by atoms with Crippen LogP contribution in [0.25, 0.3) is 0 Å². The number of halogens is 7. The molecule has 0 aromatic heterocycles. The number of hydrogen-bond acceptors (Lipinski definition) is 3. The second kappa shape index (κ2) is 5.77. The topological polar surface area (TPSA) is 48.5 Å². The van der Waals surface area contributed by atoms with E-state index < -0.39 is 35.4 Å². The summed E-state index contributed by atoms with van der Waals surface area (Å²) in [6.45, 7) is 0.930. The number of alkyl halides is 6. The predicted octanol–water partition coefficient (Wildman–Crippen LogP) is 4.56. The number of benzene rings is 1. The Labute approximate surface area is 137 Å². The third kappa shape index (κ3) is 2.75. The van der Waals surface area contributed by atoms with Crippen molar-refractivity contribution in [3.8, 4) is 6.07 Å². The number of hydrogen-bond donors (Lipinski definition) is 0. The van der Waals surface area contributed by atoms with Crippen LogP contribution in [0.1, 0.15) is 12.5 Å². The summed E-state index contributed by atoms with van der Waals surface area (Å²) in [6, 6.07) is 6.14. The van der Waals surface area contributed by atoms with Crippen molar-refractivity contribution in [1.29, 1.82) is 5.26 Å². The molecule has 1 aliphatic heterocycles. The van der Waals surface area contributed by atoms with Crippen molar-refractivity contribution in [2.24, 2.45) is 15.9 Å². The monoisotopic (exact) mass is 367 g/mol. The summed E-state index contributed by atoms with van der Waals surface area (Å²) in [5, 5.41) is 9.00. The number of nitrogens with zero attached hydrogens (tertiary/aromatic N) is 3. The van der Waals surface area contributed by atoms with Gasteiger partial charge < -0.3 is 0 Å². The molecule has 1 aromatic carbocycles. The standard InChI is InChI=1S/C14H8ClF6N3/c1-7-10(6-22)12(13(16,17)18,14(19,20)21)24-11(23-7)8-3-2-4-9(15)5-8/h2-5,10H,1H3. The fraction of sp³-hybridized carbons (Fsp3) is 0.357. The third-order valence-corrected chi connectivity index (χ3v) is 3.71. The van der Waals surface area contributed by atoms with Gasteiger partial charge in [-0.1, -0.05) is 23.7 Å². The van der Waals surface area contributed by atoms with Gasteiger partial charge in [0.05, 0.1) is 6.07 Å². The minimum absolute atomic E-state index is 0.0927. The number of rotatable bonds is 1. The van der Waals surface area contributed by atoms with E-state index in [9.17, 15) is 26.3 Å². The molecule has 128 valence electrons. The quantitative estimate of drug-likeness (QED) is 0.671. The van der Waals surface area contributed by atoms with Gasteiger partial charge in [-0.15, -0.1) is 0 Å². The van der Waals surface area contributed by atoms with E-state index in [0.29, 0.717) is 0 Å². The first kappa shape index (κ1) is 18.3. The average molecular weight is 368 g/mol. The van der Waals surface area contributed by atoms with Gasteiger partial charge in [0.15, 0.2) is 5.84 Å². The molecule has 2 rings (SSSR count). The summed E-state index contributed by atoms with van der Waals surface area (Å²) in [4.78, 5) is 6.52. The second-order valence-corrected chi connectivity index (χ2v) is 5.46. The normalized spacial score (nSPS) is 20.9. The Morgan fingerprint density at radius 2 is 1.75 bits per heavy atom. The molecule has 0 radical (unpaired) electrons. The molecule has 1 unspecified atom stereocenters. The highest BCUT2D eigenvalue weighted by molar-refractivity contribution is 6.31. The minimum Gasteiger partial charge on any atom is -0.239 e. The van der Waals surface area contributed by atoms with E-state index in [2.05, 4.69) is 9.98 Å². The van der Waals surface area contributed by atoms with Crippen molar-refractivity contribution < 1.29 is 26.3 Å². The Morgan fingerprint density at radius 1 is 1.17 bits per heavy atom. The van der Waals surface area contributed by atoms with Crippen LogP contribution in [0.3, 0.4) is 0 Å². The molecule has 10 heteroatoms. The molecule has 1 aromatic rings. The van der Waals surface area contributed by atoms with E-state index in [0.717, 1.165) is 19.1 Å². The molecule has 0 fully saturated rings. The van der Waals surface area contributed by atoms with Crippen LogP contribution in [0.2, 0.25) is 5.02 Å². The maximum Gasteiger partial charge on any atom is 0.424 e. The molecule has 1 heterocycles. The van der Waals surface area contributed by atoms with Gasteiger partial charge in [-0.05, 0) is 19.1 Å². The molecule has 0 amide bonds. The van der Waals surface area contributed by atoms with Crippen molar-refractivity contribution in [3.63, 3.8) is 0 Å². The number of amidine groups is 1. The Kier molecular flexibility index (Phi) is 4.39. The van der Waals surface area contributed by atoms with Crippen molar-refractivity contribution in [2.75, 3.05) is 0 Å². The molecule has 3 nitrogen and oxygen atoms in total. The molecule has 0 saturated carbocycles. The van der Waals surface area contributed by atoms with E-state index in [4.69, 9.17) is 16.9 Å². The minimum atomic E-state index is -5.84. The van der Waals surface area contributed by atoms with Crippen molar-refractivity contribution in [3.05, 3.63) is 34.9 Å². The fourth-order valence-corrected chi connectivity index (χ4v) is 2.54. The van der Waals surface area contributed by atoms with E-state index >= 15 is 0 Å². The highest BCUT2D eigenvalue weighted by Crippen LogP contribution is 2.52. The molecular weight excluding hydrogens is 360 g/mol.